The average molecular weight is 331 g/mol. The molecule has 3 rings (SSSR count). The lowest BCUT2D eigenvalue weighted by molar-refractivity contribution is 0.402. The zero-order valence-electron chi connectivity index (χ0n) is 13.0. The van der Waals surface area contributed by atoms with Crippen molar-refractivity contribution in [3.8, 4) is 17.2 Å². The lowest BCUT2D eigenvalue weighted by Gasteiger charge is -2.19. The fourth-order valence-corrected chi connectivity index (χ4v) is 3.26. The second-order valence-electron chi connectivity index (χ2n) is 5.73. The Labute approximate surface area is 140 Å². The highest BCUT2D eigenvalue weighted by molar-refractivity contribution is 6.34. The summed E-state index contributed by atoms with van der Waals surface area (Å²) in [5.74, 6) is 0.951. The third-order valence-corrected chi connectivity index (χ3v) is 4.65. The maximum Gasteiger partial charge on any atom is 0.138 e. The first kappa shape index (κ1) is 15.8. The van der Waals surface area contributed by atoms with Crippen molar-refractivity contribution in [2.45, 2.75) is 25.7 Å². The normalized spacial score (nSPS) is 14.4. The Bertz CT molecular complexity index is 748. The van der Waals surface area contributed by atoms with Crippen molar-refractivity contribution < 1.29 is 14.9 Å². The van der Waals surface area contributed by atoms with Gasteiger partial charge in [-0.3, -0.25) is 0 Å². The minimum Gasteiger partial charge on any atom is -0.508 e. The zero-order valence-corrected chi connectivity index (χ0v) is 13.7. The van der Waals surface area contributed by atoms with Crippen molar-refractivity contribution in [3.63, 3.8) is 0 Å². The summed E-state index contributed by atoms with van der Waals surface area (Å²) in [6, 6.07) is 8.74. The van der Waals surface area contributed by atoms with Crippen LogP contribution in [0.1, 0.15) is 36.0 Å². The van der Waals surface area contributed by atoms with Gasteiger partial charge in [0.1, 0.15) is 17.2 Å². The van der Waals surface area contributed by atoms with Crippen LogP contribution in [0.2, 0.25) is 5.02 Å². The number of phenolic OH excluding ortho intramolecular Hbond substituents is 2. The van der Waals surface area contributed by atoms with Gasteiger partial charge in [0.2, 0.25) is 0 Å². The number of benzene rings is 2. The molecule has 23 heavy (non-hydrogen) atoms. The van der Waals surface area contributed by atoms with Crippen LogP contribution in [-0.4, -0.2) is 17.3 Å². The van der Waals surface area contributed by atoms with E-state index in [9.17, 15) is 10.2 Å². The Hall–Kier alpha value is -2.13. The molecule has 2 aromatic rings. The lowest BCUT2D eigenvalue weighted by atomic mass is 9.90. The lowest BCUT2D eigenvalue weighted by Crippen LogP contribution is -2.01. The largest absolute Gasteiger partial charge is 0.508 e. The van der Waals surface area contributed by atoms with Crippen molar-refractivity contribution in [1.82, 2.24) is 0 Å². The molecule has 0 atom stereocenters. The third kappa shape index (κ3) is 3.15. The SMILES string of the molecule is COc1cc(O)c(Cl)c2c1CCCCC(c1ccc(O)cc1)=C2. The smallest absolute Gasteiger partial charge is 0.138 e. The Morgan fingerprint density at radius 1 is 1.04 bits per heavy atom. The van der Waals surface area contributed by atoms with Crippen LogP contribution in [0.4, 0.5) is 0 Å². The molecular weight excluding hydrogens is 312 g/mol. The Morgan fingerprint density at radius 3 is 2.43 bits per heavy atom. The molecule has 0 unspecified atom stereocenters. The first-order valence-electron chi connectivity index (χ1n) is 7.68. The van der Waals surface area contributed by atoms with Gasteiger partial charge in [-0.2, -0.15) is 0 Å². The number of rotatable bonds is 2. The molecule has 0 heterocycles. The molecular formula is C19H19ClO3. The molecule has 0 saturated heterocycles. The summed E-state index contributed by atoms with van der Waals surface area (Å²) >= 11 is 6.35. The van der Waals surface area contributed by atoms with E-state index in [4.69, 9.17) is 16.3 Å². The molecule has 0 amide bonds. The minimum absolute atomic E-state index is 0.0316. The number of halogens is 1. The summed E-state index contributed by atoms with van der Waals surface area (Å²) in [5.41, 5.74) is 4.05. The van der Waals surface area contributed by atoms with E-state index < -0.39 is 0 Å². The molecule has 0 aliphatic heterocycles. The van der Waals surface area contributed by atoms with Crippen molar-refractivity contribution in [1.29, 1.82) is 0 Å². The van der Waals surface area contributed by atoms with Gasteiger partial charge in [0.15, 0.2) is 0 Å². The van der Waals surface area contributed by atoms with Gasteiger partial charge in [-0.25, -0.2) is 0 Å². The zero-order chi connectivity index (χ0) is 16.4. The number of aromatic hydroxyl groups is 2. The molecule has 0 aromatic heterocycles. The van der Waals surface area contributed by atoms with E-state index in [1.165, 1.54) is 0 Å². The van der Waals surface area contributed by atoms with Crippen LogP contribution in [0.15, 0.2) is 30.3 Å². The number of fused-ring (bicyclic) bond motifs is 1. The van der Waals surface area contributed by atoms with E-state index in [1.54, 1.807) is 25.3 Å². The van der Waals surface area contributed by atoms with Crippen LogP contribution in [0, 0.1) is 0 Å². The van der Waals surface area contributed by atoms with E-state index >= 15 is 0 Å². The summed E-state index contributed by atoms with van der Waals surface area (Å²) in [4.78, 5) is 0. The van der Waals surface area contributed by atoms with Gasteiger partial charge in [-0.15, -0.1) is 0 Å². The number of allylic oxidation sites excluding steroid dienone is 1. The first-order chi connectivity index (χ1) is 11.1. The molecule has 4 heteroatoms. The van der Waals surface area contributed by atoms with Gasteiger partial charge < -0.3 is 14.9 Å². The van der Waals surface area contributed by atoms with E-state index in [0.29, 0.717) is 10.8 Å². The Morgan fingerprint density at radius 2 is 1.74 bits per heavy atom. The van der Waals surface area contributed by atoms with Gasteiger partial charge in [-0.1, -0.05) is 23.7 Å². The fraction of sp³-hybridized carbons (Fsp3) is 0.263. The monoisotopic (exact) mass is 330 g/mol. The van der Waals surface area contributed by atoms with Crippen molar-refractivity contribution in [3.05, 3.63) is 52.0 Å². The predicted molar refractivity (Wildman–Crippen MR) is 93.2 cm³/mol. The number of ether oxygens (including phenoxy) is 1. The standard InChI is InChI=1S/C19H19ClO3/c1-23-18-11-17(22)19(20)16-10-13(4-2-3-5-15(16)18)12-6-8-14(21)9-7-12/h6-11,21-22H,2-5H2,1H3. The molecule has 0 fully saturated rings. The maximum atomic E-state index is 10.1. The molecule has 0 bridgehead atoms. The van der Waals surface area contributed by atoms with Gasteiger partial charge in [-0.05, 0) is 55.0 Å². The number of hydrogen-bond donors (Lipinski definition) is 2. The van der Waals surface area contributed by atoms with Crippen LogP contribution in [0.3, 0.4) is 0 Å². The molecule has 2 N–H and O–H groups in total. The van der Waals surface area contributed by atoms with Crippen LogP contribution < -0.4 is 4.74 Å². The summed E-state index contributed by atoms with van der Waals surface area (Å²) in [6.07, 6.45) is 5.93. The highest BCUT2D eigenvalue weighted by Crippen LogP contribution is 2.41. The first-order valence-corrected chi connectivity index (χ1v) is 8.06. The van der Waals surface area contributed by atoms with E-state index in [0.717, 1.165) is 47.9 Å². The molecule has 0 radical (unpaired) electrons. The second kappa shape index (κ2) is 6.55. The van der Waals surface area contributed by atoms with E-state index in [-0.39, 0.29) is 11.5 Å². The number of hydrogen-bond acceptors (Lipinski definition) is 3. The van der Waals surface area contributed by atoms with Crippen molar-refractivity contribution in [2.24, 2.45) is 0 Å². The van der Waals surface area contributed by atoms with Gasteiger partial charge in [0.05, 0.1) is 12.1 Å². The summed E-state index contributed by atoms with van der Waals surface area (Å²) in [6.45, 7) is 0. The summed E-state index contributed by atoms with van der Waals surface area (Å²) in [5, 5.41) is 19.9. The molecule has 0 spiro atoms. The second-order valence-corrected chi connectivity index (χ2v) is 6.11. The average Bonchev–Trinajstić information content (AvgIpc) is 2.53. The van der Waals surface area contributed by atoms with Crippen LogP contribution in [0.5, 0.6) is 17.2 Å². The summed E-state index contributed by atoms with van der Waals surface area (Å²) in [7, 11) is 1.60. The third-order valence-electron chi connectivity index (χ3n) is 4.25. The quantitative estimate of drug-likeness (QED) is 0.812. The van der Waals surface area contributed by atoms with E-state index in [2.05, 4.69) is 0 Å². The summed E-state index contributed by atoms with van der Waals surface area (Å²) < 4.78 is 5.42. The molecule has 1 aliphatic carbocycles. The van der Waals surface area contributed by atoms with Crippen LogP contribution in [-0.2, 0) is 6.42 Å². The van der Waals surface area contributed by atoms with Gasteiger partial charge in [0.25, 0.3) is 0 Å². The van der Waals surface area contributed by atoms with Gasteiger partial charge in [0, 0.05) is 17.2 Å². The number of methoxy groups -OCH3 is 1. The minimum atomic E-state index is 0.0316. The Kier molecular flexibility index (Phi) is 4.49. The topological polar surface area (TPSA) is 49.7 Å². The molecule has 1 aliphatic rings. The van der Waals surface area contributed by atoms with Crippen molar-refractivity contribution >= 4 is 23.3 Å². The molecule has 3 nitrogen and oxygen atoms in total. The van der Waals surface area contributed by atoms with Gasteiger partial charge >= 0.3 is 0 Å². The highest BCUT2D eigenvalue weighted by Gasteiger charge is 2.18. The molecule has 2 aromatic carbocycles. The van der Waals surface area contributed by atoms with Crippen LogP contribution >= 0.6 is 11.6 Å². The maximum absolute atomic E-state index is 10.1. The highest BCUT2D eigenvalue weighted by atomic mass is 35.5. The Balaban J connectivity index is 2.17. The van der Waals surface area contributed by atoms with Crippen LogP contribution in [0.25, 0.3) is 11.6 Å². The predicted octanol–water partition coefficient (Wildman–Crippen LogP) is 5.03. The number of phenols is 2. The van der Waals surface area contributed by atoms with E-state index in [1.807, 2.05) is 18.2 Å². The van der Waals surface area contributed by atoms with Crippen molar-refractivity contribution in [2.75, 3.05) is 7.11 Å². The molecule has 120 valence electrons. The fourth-order valence-electron chi connectivity index (χ4n) is 3.04. The molecule has 0 saturated carbocycles.